The maximum atomic E-state index is 11.6. The summed E-state index contributed by atoms with van der Waals surface area (Å²) in [5.74, 6) is -0.183. The summed E-state index contributed by atoms with van der Waals surface area (Å²) in [6.45, 7) is 2.01. The maximum absolute atomic E-state index is 11.6. The number of amides is 1. The minimum atomic E-state index is -0.314. The van der Waals surface area contributed by atoms with Gasteiger partial charge in [0.1, 0.15) is 11.6 Å². The van der Waals surface area contributed by atoms with Gasteiger partial charge in [-0.05, 0) is 24.6 Å². The highest BCUT2D eigenvalue weighted by atomic mass is 16.4. The van der Waals surface area contributed by atoms with Crippen molar-refractivity contribution in [3.63, 3.8) is 0 Å². The monoisotopic (exact) mass is 237 g/mol. The molecular weight excluding hydrogens is 222 g/mol. The molecule has 0 saturated heterocycles. The minimum Gasteiger partial charge on any atom is -0.508 e. The largest absolute Gasteiger partial charge is 0.508 e. The summed E-state index contributed by atoms with van der Waals surface area (Å²) in [6.07, 6.45) is 0.264. The molecule has 0 aliphatic rings. The van der Waals surface area contributed by atoms with Crippen LogP contribution in [0.2, 0.25) is 0 Å². The summed E-state index contributed by atoms with van der Waals surface area (Å²) < 4.78 is 0. The maximum Gasteiger partial charge on any atom is 0.251 e. The molecule has 0 aliphatic carbocycles. The van der Waals surface area contributed by atoms with Crippen molar-refractivity contribution in [2.75, 3.05) is 6.54 Å². The molecule has 0 unspecified atom stereocenters. The number of nitrogens with zero attached hydrogens (tertiary/aromatic N) is 1. The van der Waals surface area contributed by atoms with E-state index in [1.54, 1.807) is 19.1 Å². The van der Waals surface area contributed by atoms with Crippen molar-refractivity contribution >= 4 is 11.7 Å². The number of oxime groups is 1. The fourth-order valence-corrected chi connectivity index (χ4v) is 1.21. The number of aryl methyl sites for hydroxylation is 1. The van der Waals surface area contributed by atoms with Gasteiger partial charge in [-0.2, -0.15) is 0 Å². The van der Waals surface area contributed by atoms with E-state index in [-0.39, 0.29) is 30.5 Å². The van der Waals surface area contributed by atoms with E-state index < -0.39 is 0 Å². The third kappa shape index (κ3) is 3.67. The number of carbonyl (C=O) groups excluding carboxylic acids is 1. The van der Waals surface area contributed by atoms with Gasteiger partial charge >= 0.3 is 0 Å². The summed E-state index contributed by atoms with van der Waals surface area (Å²) in [5, 5.41) is 23.1. The van der Waals surface area contributed by atoms with Gasteiger partial charge in [0.15, 0.2) is 0 Å². The molecule has 6 heteroatoms. The second-order valence-electron chi connectivity index (χ2n) is 3.60. The number of nitrogens with two attached hydrogens (primary N) is 1. The van der Waals surface area contributed by atoms with Gasteiger partial charge in [-0.3, -0.25) is 4.79 Å². The first-order valence-corrected chi connectivity index (χ1v) is 5.09. The second kappa shape index (κ2) is 5.74. The van der Waals surface area contributed by atoms with Crippen molar-refractivity contribution in [1.82, 2.24) is 5.32 Å². The van der Waals surface area contributed by atoms with Crippen LogP contribution in [-0.4, -0.2) is 28.6 Å². The minimum absolute atomic E-state index is 0.0528. The summed E-state index contributed by atoms with van der Waals surface area (Å²) in [7, 11) is 0. The van der Waals surface area contributed by atoms with Crippen LogP contribution in [0.25, 0.3) is 0 Å². The summed E-state index contributed by atoms with van der Waals surface area (Å²) in [5.41, 5.74) is 6.33. The van der Waals surface area contributed by atoms with Gasteiger partial charge in [-0.15, -0.1) is 0 Å². The lowest BCUT2D eigenvalue weighted by Gasteiger charge is -2.06. The average molecular weight is 237 g/mol. The first-order valence-electron chi connectivity index (χ1n) is 5.09. The topological polar surface area (TPSA) is 108 Å². The number of rotatable bonds is 4. The second-order valence-corrected chi connectivity index (χ2v) is 3.60. The Balaban J connectivity index is 2.55. The van der Waals surface area contributed by atoms with Crippen molar-refractivity contribution in [1.29, 1.82) is 0 Å². The highest BCUT2D eigenvalue weighted by Crippen LogP contribution is 2.17. The number of phenolic OH excluding ortho intramolecular Hbond substituents is 1. The standard InChI is InChI=1S/C11H15N3O3/c1-7-2-3-8(6-9(7)15)11(16)13-5-4-10(12)14-17/h2-3,6,15,17H,4-5H2,1H3,(H2,12,14)(H,13,16). The third-order valence-electron chi connectivity index (χ3n) is 2.27. The van der Waals surface area contributed by atoms with Gasteiger partial charge in [0.05, 0.1) is 0 Å². The predicted octanol–water partition coefficient (Wildman–Crippen LogP) is 0.567. The first kappa shape index (κ1) is 12.8. The lowest BCUT2D eigenvalue weighted by molar-refractivity contribution is 0.0954. The Morgan fingerprint density at radius 3 is 2.82 bits per heavy atom. The quantitative estimate of drug-likeness (QED) is 0.265. The van der Waals surface area contributed by atoms with E-state index in [0.717, 1.165) is 0 Å². The summed E-state index contributed by atoms with van der Waals surface area (Å²) in [4.78, 5) is 11.6. The number of nitrogens with one attached hydrogen (secondary N) is 1. The van der Waals surface area contributed by atoms with Gasteiger partial charge in [0.2, 0.25) is 0 Å². The predicted molar refractivity (Wildman–Crippen MR) is 63.2 cm³/mol. The van der Waals surface area contributed by atoms with E-state index >= 15 is 0 Å². The van der Waals surface area contributed by atoms with Crippen LogP contribution in [0.15, 0.2) is 23.4 Å². The van der Waals surface area contributed by atoms with Gasteiger partial charge in [0.25, 0.3) is 5.91 Å². The average Bonchev–Trinajstić information content (AvgIpc) is 2.32. The highest BCUT2D eigenvalue weighted by molar-refractivity contribution is 5.95. The van der Waals surface area contributed by atoms with Crippen molar-refractivity contribution in [3.05, 3.63) is 29.3 Å². The molecule has 0 fully saturated rings. The van der Waals surface area contributed by atoms with Crippen molar-refractivity contribution in [2.45, 2.75) is 13.3 Å². The number of phenols is 1. The van der Waals surface area contributed by atoms with Crippen molar-refractivity contribution in [3.8, 4) is 5.75 Å². The molecule has 6 nitrogen and oxygen atoms in total. The molecule has 0 aliphatic heterocycles. The van der Waals surface area contributed by atoms with Crippen molar-refractivity contribution < 1.29 is 15.1 Å². The molecule has 0 saturated carbocycles. The number of aromatic hydroxyl groups is 1. The third-order valence-corrected chi connectivity index (χ3v) is 2.27. The van der Waals surface area contributed by atoms with E-state index in [4.69, 9.17) is 10.9 Å². The van der Waals surface area contributed by atoms with Crippen LogP contribution in [0.1, 0.15) is 22.3 Å². The van der Waals surface area contributed by atoms with Crippen LogP contribution >= 0.6 is 0 Å². The first-order chi connectivity index (χ1) is 8.04. The fourth-order valence-electron chi connectivity index (χ4n) is 1.21. The molecule has 0 radical (unpaired) electrons. The Bertz CT molecular complexity index is 444. The Hall–Kier alpha value is -2.24. The Morgan fingerprint density at radius 2 is 2.24 bits per heavy atom. The molecule has 0 heterocycles. The lowest BCUT2D eigenvalue weighted by Crippen LogP contribution is -2.27. The molecule has 1 aromatic rings. The number of hydrogen-bond donors (Lipinski definition) is 4. The van der Waals surface area contributed by atoms with Crippen LogP contribution in [0.3, 0.4) is 0 Å². The Labute approximate surface area is 98.7 Å². The smallest absolute Gasteiger partial charge is 0.251 e. The molecule has 0 spiro atoms. The fraction of sp³-hybridized carbons (Fsp3) is 0.273. The van der Waals surface area contributed by atoms with E-state index in [1.807, 2.05) is 0 Å². The highest BCUT2D eigenvalue weighted by Gasteiger charge is 2.07. The van der Waals surface area contributed by atoms with Crippen LogP contribution in [0.4, 0.5) is 0 Å². The van der Waals surface area contributed by atoms with Crippen LogP contribution in [0, 0.1) is 6.92 Å². The normalized spacial score (nSPS) is 11.2. The lowest BCUT2D eigenvalue weighted by atomic mass is 10.1. The summed E-state index contributed by atoms with van der Waals surface area (Å²) in [6, 6.07) is 4.68. The van der Waals surface area contributed by atoms with E-state index in [1.165, 1.54) is 6.07 Å². The van der Waals surface area contributed by atoms with Crippen LogP contribution in [-0.2, 0) is 0 Å². The molecule has 1 rings (SSSR count). The van der Waals surface area contributed by atoms with Crippen LogP contribution < -0.4 is 11.1 Å². The number of carbonyl (C=O) groups is 1. The van der Waals surface area contributed by atoms with Gasteiger partial charge in [0, 0.05) is 18.5 Å². The Kier molecular flexibility index (Phi) is 4.33. The molecule has 0 aromatic heterocycles. The molecular formula is C11H15N3O3. The van der Waals surface area contributed by atoms with E-state index in [9.17, 15) is 9.90 Å². The zero-order chi connectivity index (χ0) is 12.8. The molecule has 17 heavy (non-hydrogen) atoms. The summed E-state index contributed by atoms with van der Waals surface area (Å²) >= 11 is 0. The van der Waals surface area contributed by atoms with Crippen molar-refractivity contribution in [2.24, 2.45) is 10.9 Å². The Morgan fingerprint density at radius 1 is 1.53 bits per heavy atom. The number of hydrogen-bond acceptors (Lipinski definition) is 4. The molecule has 5 N–H and O–H groups in total. The zero-order valence-electron chi connectivity index (χ0n) is 9.47. The molecule has 0 atom stereocenters. The zero-order valence-corrected chi connectivity index (χ0v) is 9.47. The molecule has 1 amide bonds. The molecule has 92 valence electrons. The van der Waals surface area contributed by atoms with E-state index in [0.29, 0.717) is 11.1 Å². The molecule has 0 bridgehead atoms. The van der Waals surface area contributed by atoms with Gasteiger partial charge < -0.3 is 21.4 Å². The SMILES string of the molecule is Cc1ccc(C(=O)NCCC(N)=NO)cc1O. The van der Waals surface area contributed by atoms with Gasteiger partial charge in [-0.1, -0.05) is 11.2 Å². The number of benzene rings is 1. The van der Waals surface area contributed by atoms with Crippen LogP contribution in [0.5, 0.6) is 5.75 Å². The van der Waals surface area contributed by atoms with Gasteiger partial charge in [-0.25, -0.2) is 0 Å². The molecule has 1 aromatic carbocycles. The number of amidine groups is 1. The van der Waals surface area contributed by atoms with E-state index in [2.05, 4.69) is 10.5 Å².